The van der Waals surface area contributed by atoms with Crippen molar-refractivity contribution in [1.82, 2.24) is 0 Å². The molecular weight excluding hydrogens is 317 g/mol. The molecule has 0 aliphatic carbocycles. The van der Waals surface area contributed by atoms with Crippen LogP contribution in [0.4, 0.5) is 4.39 Å². The van der Waals surface area contributed by atoms with E-state index < -0.39 is 0 Å². The molecule has 1 atom stereocenters. The lowest BCUT2D eigenvalue weighted by Crippen LogP contribution is -2.43. The molecule has 0 fully saturated rings. The van der Waals surface area contributed by atoms with Crippen molar-refractivity contribution in [3.63, 3.8) is 0 Å². The molecule has 1 unspecified atom stereocenters. The number of benzene rings is 2. The molecule has 0 amide bonds. The minimum absolute atomic E-state index is 0.229. The molecule has 0 heterocycles. The molecule has 0 aromatic heterocycles. The van der Waals surface area contributed by atoms with Crippen LogP contribution < -0.4 is 5.73 Å². The van der Waals surface area contributed by atoms with Gasteiger partial charge in [-0.15, -0.1) is 0 Å². The van der Waals surface area contributed by atoms with Crippen LogP contribution in [0.2, 0.25) is 0 Å². The van der Waals surface area contributed by atoms with Crippen LogP contribution in [0.3, 0.4) is 0 Å². The molecule has 106 valence electrons. The number of hydrogen-bond acceptors (Lipinski definition) is 1. The van der Waals surface area contributed by atoms with E-state index in [9.17, 15) is 4.39 Å². The zero-order valence-electron chi connectivity index (χ0n) is 11.6. The maximum absolute atomic E-state index is 13.5. The third-order valence-corrected chi connectivity index (χ3v) is 4.04. The Bertz CT molecular complexity index is 550. The molecule has 2 aromatic rings. The van der Waals surface area contributed by atoms with Crippen LogP contribution in [0, 0.1) is 5.82 Å². The largest absolute Gasteiger partial charge is 0.325 e. The van der Waals surface area contributed by atoms with Crippen molar-refractivity contribution in [3.05, 3.63) is 69.9 Å². The monoisotopic (exact) mass is 335 g/mol. The van der Waals surface area contributed by atoms with Crippen LogP contribution >= 0.6 is 15.9 Å². The topological polar surface area (TPSA) is 26.0 Å². The van der Waals surface area contributed by atoms with Crippen LogP contribution in [0.1, 0.15) is 24.5 Å². The lowest BCUT2D eigenvalue weighted by Gasteiger charge is -2.28. The SMILES string of the molecule is CCC(N)(Cc1ccccc1)Cc1cc(F)cc(Br)c1. The molecule has 20 heavy (non-hydrogen) atoms. The third-order valence-electron chi connectivity index (χ3n) is 3.58. The number of nitrogens with two attached hydrogens (primary N) is 1. The van der Waals surface area contributed by atoms with Gasteiger partial charge in [-0.1, -0.05) is 53.2 Å². The summed E-state index contributed by atoms with van der Waals surface area (Å²) in [5.74, 6) is -0.229. The standard InChI is InChI=1S/C17H19BrFN/c1-2-17(20,11-13-6-4-3-5-7-13)12-14-8-15(18)10-16(19)9-14/h3-10H,2,11-12,20H2,1H3. The average molecular weight is 336 g/mol. The highest BCUT2D eigenvalue weighted by Gasteiger charge is 2.24. The molecule has 0 radical (unpaired) electrons. The minimum Gasteiger partial charge on any atom is -0.325 e. The predicted molar refractivity (Wildman–Crippen MR) is 85.2 cm³/mol. The van der Waals surface area contributed by atoms with Gasteiger partial charge in [-0.2, -0.15) is 0 Å². The zero-order chi connectivity index (χ0) is 14.6. The fraction of sp³-hybridized carbons (Fsp3) is 0.294. The summed E-state index contributed by atoms with van der Waals surface area (Å²) < 4.78 is 14.2. The van der Waals surface area contributed by atoms with Crippen molar-refractivity contribution in [2.75, 3.05) is 0 Å². The molecule has 0 aliphatic rings. The van der Waals surface area contributed by atoms with Crippen molar-refractivity contribution in [2.24, 2.45) is 5.73 Å². The number of rotatable bonds is 5. The Morgan fingerprint density at radius 1 is 1.05 bits per heavy atom. The molecule has 2 rings (SSSR count). The molecule has 0 saturated carbocycles. The average Bonchev–Trinajstić information content (AvgIpc) is 2.38. The second kappa shape index (κ2) is 6.51. The summed E-state index contributed by atoms with van der Waals surface area (Å²) in [4.78, 5) is 0. The molecule has 2 N–H and O–H groups in total. The van der Waals surface area contributed by atoms with Crippen LogP contribution in [0.15, 0.2) is 53.0 Å². The van der Waals surface area contributed by atoms with Crippen molar-refractivity contribution in [2.45, 2.75) is 31.7 Å². The summed E-state index contributed by atoms with van der Waals surface area (Å²) in [7, 11) is 0. The quantitative estimate of drug-likeness (QED) is 0.856. The maximum atomic E-state index is 13.5. The van der Waals surface area contributed by atoms with Crippen LogP contribution in [-0.2, 0) is 12.8 Å². The lowest BCUT2D eigenvalue weighted by molar-refractivity contribution is 0.403. The third kappa shape index (κ3) is 4.15. The van der Waals surface area contributed by atoms with Gasteiger partial charge in [0.1, 0.15) is 5.82 Å². The van der Waals surface area contributed by atoms with E-state index in [1.165, 1.54) is 11.6 Å². The van der Waals surface area contributed by atoms with Gasteiger partial charge in [0.05, 0.1) is 0 Å². The van der Waals surface area contributed by atoms with Crippen molar-refractivity contribution in [1.29, 1.82) is 0 Å². The van der Waals surface area contributed by atoms with E-state index in [-0.39, 0.29) is 11.4 Å². The molecule has 0 aliphatic heterocycles. The van der Waals surface area contributed by atoms with E-state index in [0.717, 1.165) is 22.9 Å². The van der Waals surface area contributed by atoms with Crippen molar-refractivity contribution in [3.8, 4) is 0 Å². The van der Waals surface area contributed by atoms with Gasteiger partial charge in [0.2, 0.25) is 0 Å². The Labute approximate surface area is 128 Å². The van der Waals surface area contributed by atoms with Gasteiger partial charge in [-0.25, -0.2) is 4.39 Å². The molecule has 1 nitrogen and oxygen atoms in total. The van der Waals surface area contributed by atoms with Crippen LogP contribution in [0.5, 0.6) is 0 Å². The lowest BCUT2D eigenvalue weighted by atomic mass is 9.83. The van der Waals surface area contributed by atoms with Crippen LogP contribution in [0.25, 0.3) is 0 Å². The molecule has 0 saturated heterocycles. The second-order valence-electron chi connectivity index (χ2n) is 5.33. The Morgan fingerprint density at radius 3 is 2.30 bits per heavy atom. The molecule has 2 aromatic carbocycles. The van der Waals surface area contributed by atoms with Gasteiger partial charge in [0.25, 0.3) is 0 Å². The van der Waals surface area contributed by atoms with Gasteiger partial charge >= 0.3 is 0 Å². The summed E-state index contributed by atoms with van der Waals surface area (Å²) in [6.07, 6.45) is 2.29. The van der Waals surface area contributed by atoms with Crippen LogP contribution in [-0.4, -0.2) is 5.54 Å². The minimum atomic E-state index is -0.353. The smallest absolute Gasteiger partial charge is 0.124 e. The van der Waals surface area contributed by atoms with Crippen molar-refractivity contribution < 1.29 is 4.39 Å². The summed E-state index contributed by atoms with van der Waals surface area (Å²) in [5.41, 5.74) is 8.31. The fourth-order valence-corrected chi connectivity index (χ4v) is 2.95. The van der Waals surface area contributed by atoms with Gasteiger partial charge in [-0.05, 0) is 48.6 Å². The summed E-state index contributed by atoms with van der Waals surface area (Å²) in [5, 5.41) is 0. The summed E-state index contributed by atoms with van der Waals surface area (Å²) >= 11 is 3.33. The van der Waals surface area contributed by atoms with Gasteiger partial charge in [-0.3, -0.25) is 0 Å². The summed E-state index contributed by atoms with van der Waals surface area (Å²) in [6.45, 7) is 2.08. The first-order chi connectivity index (χ1) is 9.50. The first-order valence-corrected chi connectivity index (χ1v) is 7.58. The number of hydrogen-bond donors (Lipinski definition) is 1. The van der Waals surface area contributed by atoms with Gasteiger partial charge in [0.15, 0.2) is 0 Å². The second-order valence-corrected chi connectivity index (χ2v) is 6.25. The molecule has 0 bridgehead atoms. The number of halogens is 2. The van der Waals surface area contributed by atoms with E-state index >= 15 is 0 Å². The summed E-state index contributed by atoms with van der Waals surface area (Å²) in [6, 6.07) is 15.2. The first kappa shape index (κ1) is 15.2. The molecule has 0 spiro atoms. The molecular formula is C17H19BrFN. The highest BCUT2D eigenvalue weighted by Crippen LogP contribution is 2.23. The van der Waals surface area contributed by atoms with Crippen molar-refractivity contribution >= 4 is 15.9 Å². The normalized spacial score (nSPS) is 14.0. The van der Waals surface area contributed by atoms with E-state index in [0.29, 0.717) is 6.42 Å². The Kier molecular flexibility index (Phi) is 4.95. The Balaban J connectivity index is 2.18. The predicted octanol–water partition coefficient (Wildman–Crippen LogP) is 4.48. The van der Waals surface area contributed by atoms with E-state index in [4.69, 9.17) is 5.73 Å². The fourth-order valence-electron chi connectivity index (χ4n) is 2.43. The van der Waals surface area contributed by atoms with E-state index in [1.54, 1.807) is 6.07 Å². The molecule has 3 heteroatoms. The Morgan fingerprint density at radius 2 is 1.70 bits per heavy atom. The van der Waals surface area contributed by atoms with Gasteiger partial charge in [0, 0.05) is 10.0 Å². The van der Waals surface area contributed by atoms with E-state index in [2.05, 4.69) is 35.0 Å². The maximum Gasteiger partial charge on any atom is 0.124 e. The highest BCUT2D eigenvalue weighted by atomic mass is 79.9. The van der Waals surface area contributed by atoms with E-state index in [1.807, 2.05) is 24.3 Å². The first-order valence-electron chi connectivity index (χ1n) is 6.78. The zero-order valence-corrected chi connectivity index (χ0v) is 13.2. The van der Waals surface area contributed by atoms with Gasteiger partial charge < -0.3 is 5.73 Å². The Hall–Kier alpha value is -1.19. The highest BCUT2D eigenvalue weighted by molar-refractivity contribution is 9.10.